The van der Waals surface area contributed by atoms with Crippen LogP contribution in [0.5, 0.6) is 5.75 Å². The molecule has 0 radical (unpaired) electrons. The van der Waals surface area contributed by atoms with Crippen molar-refractivity contribution in [1.82, 2.24) is 29.9 Å². The van der Waals surface area contributed by atoms with Crippen molar-refractivity contribution >= 4 is 22.9 Å². The minimum atomic E-state index is -0.325. The smallest absolute Gasteiger partial charge is 0.257 e. The SMILES string of the molecule is COc1ccccc1C(=O)N1CCN(c2ncnc3c2nnn3-c2ccc(F)cc2)CC1. The Morgan fingerprint density at radius 3 is 2.50 bits per heavy atom. The number of carbonyl (C=O) groups is 1. The number of rotatable bonds is 4. The van der Waals surface area contributed by atoms with Crippen LogP contribution in [-0.2, 0) is 0 Å². The average molecular weight is 433 g/mol. The lowest BCUT2D eigenvalue weighted by atomic mass is 10.1. The van der Waals surface area contributed by atoms with E-state index < -0.39 is 0 Å². The standard InChI is InChI=1S/C22H20FN7O2/c1-32-18-5-3-2-4-17(18)22(31)29-12-10-28(11-13-29)20-19-21(25-14-24-20)30(27-26-19)16-8-6-15(23)7-9-16/h2-9,14H,10-13H2,1H3. The number of benzene rings is 2. The van der Waals surface area contributed by atoms with Crippen LogP contribution in [0.15, 0.2) is 54.9 Å². The second kappa shape index (κ2) is 8.22. The zero-order valence-electron chi connectivity index (χ0n) is 17.3. The molecule has 0 saturated carbocycles. The molecule has 1 saturated heterocycles. The highest BCUT2D eigenvalue weighted by Crippen LogP contribution is 2.25. The van der Waals surface area contributed by atoms with Gasteiger partial charge in [-0.3, -0.25) is 4.79 Å². The molecule has 0 atom stereocenters. The van der Waals surface area contributed by atoms with E-state index in [9.17, 15) is 9.18 Å². The maximum absolute atomic E-state index is 13.3. The number of fused-ring (bicyclic) bond motifs is 1. The van der Waals surface area contributed by atoms with Crippen LogP contribution < -0.4 is 9.64 Å². The first kappa shape index (κ1) is 19.9. The van der Waals surface area contributed by atoms with E-state index in [1.807, 2.05) is 17.0 Å². The van der Waals surface area contributed by atoms with E-state index in [0.717, 1.165) is 0 Å². The van der Waals surface area contributed by atoms with Crippen LogP contribution in [0.25, 0.3) is 16.9 Å². The van der Waals surface area contributed by atoms with Gasteiger partial charge in [0.05, 0.1) is 18.4 Å². The third kappa shape index (κ3) is 3.49. The molecule has 0 unspecified atom stereocenters. The number of ether oxygens (including phenoxy) is 1. The quantitative estimate of drug-likeness (QED) is 0.488. The summed E-state index contributed by atoms with van der Waals surface area (Å²) < 4.78 is 20.2. The van der Waals surface area contributed by atoms with Gasteiger partial charge >= 0.3 is 0 Å². The molecule has 10 heteroatoms. The normalized spacial score (nSPS) is 14.1. The van der Waals surface area contributed by atoms with Crippen LogP contribution >= 0.6 is 0 Å². The number of hydrogen-bond acceptors (Lipinski definition) is 7. The van der Waals surface area contributed by atoms with E-state index in [-0.39, 0.29) is 11.7 Å². The second-order valence-electron chi connectivity index (χ2n) is 7.33. The van der Waals surface area contributed by atoms with Crippen molar-refractivity contribution in [2.24, 2.45) is 0 Å². The summed E-state index contributed by atoms with van der Waals surface area (Å²) in [5.41, 5.74) is 2.30. The van der Waals surface area contributed by atoms with Gasteiger partial charge in [-0.25, -0.2) is 14.4 Å². The van der Waals surface area contributed by atoms with Crippen LogP contribution in [0.2, 0.25) is 0 Å². The Kier molecular flexibility index (Phi) is 5.10. The predicted octanol–water partition coefficient (Wildman–Crippen LogP) is 2.32. The first-order valence-electron chi connectivity index (χ1n) is 10.2. The second-order valence-corrected chi connectivity index (χ2v) is 7.33. The predicted molar refractivity (Wildman–Crippen MR) is 116 cm³/mol. The fourth-order valence-electron chi connectivity index (χ4n) is 3.84. The van der Waals surface area contributed by atoms with E-state index in [0.29, 0.717) is 60.2 Å². The number of piperazine rings is 1. The summed E-state index contributed by atoms with van der Waals surface area (Å²) in [4.78, 5) is 25.6. The number of anilines is 1. The van der Waals surface area contributed by atoms with Gasteiger partial charge in [-0.2, -0.15) is 4.68 Å². The number of carbonyl (C=O) groups excluding carboxylic acids is 1. The van der Waals surface area contributed by atoms with E-state index in [4.69, 9.17) is 4.74 Å². The minimum Gasteiger partial charge on any atom is -0.496 e. The fourth-order valence-corrected chi connectivity index (χ4v) is 3.84. The van der Waals surface area contributed by atoms with Crippen molar-refractivity contribution < 1.29 is 13.9 Å². The molecule has 1 amide bonds. The summed E-state index contributed by atoms with van der Waals surface area (Å²) in [5.74, 6) is 0.841. The third-order valence-electron chi connectivity index (χ3n) is 5.49. The molecule has 5 rings (SSSR count). The van der Waals surface area contributed by atoms with E-state index in [1.165, 1.54) is 18.5 Å². The summed E-state index contributed by atoms with van der Waals surface area (Å²) in [7, 11) is 1.56. The van der Waals surface area contributed by atoms with Crippen LogP contribution in [0, 0.1) is 5.82 Å². The Morgan fingerprint density at radius 2 is 1.75 bits per heavy atom. The highest BCUT2D eigenvalue weighted by Gasteiger charge is 2.26. The molecule has 0 bridgehead atoms. The molecule has 1 aliphatic rings. The molecule has 0 spiro atoms. The maximum atomic E-state index is 13.3. The number of methoxy groups -OCH3 is 1. The molecule has 1 aliphatic heterocycles. The molecule has 4 aromatic rings. The largest absolute Gasteiger partial charge is 0.496 e. The van der Waals surface area contributed by atoms with Crippen molar-refractivity contribution in [3.8, 4) is 11.4 Å². The van der Waals surface area contributed by atoms with Crippen molar-refractivity contribution in [3.05, 3.63) is 66.2 Å². The van der Waals surface area contributed by atoms with Gasteiger partial charge in [0, 0.05) is 26.2 Å². The summed E-state index contributed by atoms with van der Waals surface area (Å²) in [6, 6.07) is 13.2. The molecule has 162 valence electrons. The summed E-state index contributed by atoms with van der Waals surface area (Å²) >= 11 is 0. The molecule has 3 heterocycles. The highest BCUT2D eigenvalue weighted by atomic mass is 19.1. The molecule has 1 fully saturated rings. The number of nitrogens with zero attached hydrogens (tertiary/aromatic N) is 7. The van der Waals surface area contributed by atoms with Gasteiger partial charge in [0.25, 0.3) is 5.91 Å². The first-order valence-corrected chi connectivity index (χ1v) is 10.2. The van der Waals surface area contributed by atoms with Gasteiger partial charge in [-0.1, -0.05) is 17.3 Å². The molecule has 2 aromatic heterocycles. The summed E-state index contributed by atoms with van der Waals surface area (Å²) in [6.45, 7) is 2.26. The Labute approximate surface area is 183 Å². The van der Waals surface area contributed by atoms with Gasteiger partial charge in [0.2, 0.25) is 0 Å². The number of hydrogen-bond donors (Lipinski definition) is 0. The van der Waals surface area contributed by atoms with Crippen molar-refractivity contribution in [2.45, 2.75) is 0 Å². The summed E-state index contributed by atoms with van der Waals surface area (Å²) in [5, 5.41) is 8.46. The lowest BCUT2D eigenvalue weighted by Gasteiger charge is -2.35. The zero-order chi connectivity index (χ0) is 22.1. The Morgan fingerprint density at radius 1 is 1.00 bits per heavy atom. The monoisotopic (exact) mass is 433 g/mol. The molecule has 9 nitrogen and oxygen atoms in total. The Balaban J connectivity index is 1.36. The van der Waals surface area contributed by atoms with Crippen LogP contribution in [0.4, 0.5) is 10.2 Å². The lowest BCUT2D eigenvalue weighted by molar-refractivity contribution is 0.0743. The molecular formula is C22H20FN7O2. The molecular weight excluding hydrogens is 413 g/mol. The van der Waals surface area contributed by atoms with Gasteiger partial charge in [0.1, 0.15) is 17.9 Å². The van der Waals surface area contributed by atoms with Crippen molar-refractivity contribution in [3.63, 3.8) is 0 Å². The topological polar surface area (TPSA) is 89.3 Å². The lowest BCUT2D eigenvalue weighted by Crippen LogP contribution is -2.49. The van der Waals surface area contributed by atoms with Gasteiger partial charge in [0.15, 0.2) is 17.0 Å². The van der Waals surface area contributed by atoms with Gasteiger partial charge < -0.3 is 14.5 Å². The first-order chi connectivity index (χ1) is 15.7. The van der Waals surface area contributed by atoms with Crippen molar-refractivity contribution in [2.75, 3.05) is 38.2 Å². The van der Waals surface area contributed by atoms with Gasteiger partial charge in [-0.15, -0.1) is 5.10 Å². The number of halogens is 1. The number of aromatic nitrogens is 5. The average Bonchev–Trinajstić information content (AvgIpc) is 3.28. The fraction of sp³-hybridized carbons (Fsp3) is 0.227. The Hall–Kier alpha value is -4.08. The molecule has 2 aromatic carbocycles. The number of amides is 1. The minimum absolute atomic E-state index is 0.0582. The highest BCUT2D eigenvalue weighted by molar-refractivity contribution is 5.97. The zero-order valence-corrected chi connectivity index (χ0v) is 17.3. The van der Waals surface area contributed by atoms with E-state index in [1.54, 1.807) is 36.1 Å². The van der Waals surface area contributed by atoms with Crippen LogP contribution in [0.1, 0.15) is 10.4 Å². The van der Waals surface area contributed by atoms with Crippen LogP contribution in [0.3, 0.4) is 0 Å². The summed E-state index contributed by atoms with van der Waals surface area (Å²) in [6.07, 6.45) is 1.47. The van der Waals surface area contributed by atoms with E-state index in [2.05, 4.69) is 25.2 Å². The maximum Gasteiger partial charge on any atom is 0.257 e. The number of para-hydroxylation sites is 1. The van der Waals surface area contributed by atoms with Crippen molar-refractivity contribution in [1.29, 1.82) is 0 Å². The third-order valence-corrected chi connectivity index (χ3v) is 5.49. The van der Waals surface area contributed by atoms with Crippen LogP contribution in [-0.4, -0.2) is 69.1 Å². The molecule has 0 aliphatic carbocycles. The van der Waals surface area contributed by atoms with E-state index >= 15 is 0 Å². The van der Waals surface area contributed by atoms with Gasteiger partial charge in [-0.05, 0) is 36.4 Å². The molecule has 32 heavy (non-hydrogen) atoms. The Bertz CT molecular complexity index is 1270. The molecule has 0 N–H and O–H groups in total.